The lowest BCUT2D eigenvalue weighted by Gasteiger charge is -2.12. The second-order valence-corrected chi connectivity index (χ2v) is 8.48. The van der Waals surface area contributed by atoms with E-state index in [1.54, 1.807) is 38.6 Å². The highest BCUT2D eigenvalue weighted by atomic mass is 32.2. The van der Waals surface area contributed by atoms with Gasteiger partial charge in [0.25, 0.3) is 0 Å². The summed E-state index contributed by atoms with van der Waals surface area (Å²) >= 11 is 0. The van der Waals surface area contributed by atoms with Crippen LogP contribution in [0, 0.1) is 0 Å². The van der Waals surface area contributed by atoms with Gasteiger partial charge in [-0.15, -0.1) is 0 Å². The number of ether oxygens (including phenoxy) is 2. The molecule has 0 aliphatic heterocycles. The van der Waals surface area contributed by atoms with Gasteiger partial charge in [0.2, 0.25) is 5.56 Å². The maximum Gasteiger partial charge on any atom is 0.250 e. The summed E-state index contributed by atoms with van der Waals surface area (Å²) in [5.74, 6) is 1.18. The number of aromatic nitrogens is 1. The van der Waals surface area contributed by atoms with Gasteiger partial charge in [-0.05, 0) is 53.1 Å². The van der Waals surface area contributed by atoms with Gasteiger partial charge in [-0.2, -0.15) is 0 Å². The Morgan fingerprint density at radius 2 is 1.64 bits per heavy atom. The van der Waals surface area contributed by atoms with Crippen molar-refractivity contribution in [1.29, 1.82) is 0 Å². The van der Waals surface area contributed by atoms with Crippen LogP contribution < -0.4 is 15.0 Å². The van der Waals surface area contributed by atoms with Gasteiger partial charge in [-0.3, -0.25) is 4.79 Å². The lowest BCUT2D eigenvalue weighted by atomic mass is 10.1. The fourth-order valence-electron chi connectivity index (χ4n) is 2.69. The average Bonchev–Trinajstić information content (AvgIpc) is 2.68. The molecule has 0 atom stereocenters. The van der Waals surface area contributed by atoms with E-state index in [-0.39, 0.29) is 17.1 Å². The van der Waals surface area contributed by atoms with Gasteiger partial charge in [0.15, 0.2) is 9.84 Å². The SMILES string of the molecule is COc1ccc(COc2cc(-c3ccc(=O)n(C)c3)cc(S(C)(=O)=O)c2)cc1. The van der Waals surface area contributed by atoms with Crippen molar-refractivity contribution in [3.05, 3.63) is 76.7 Å². The highest BCUT2D eigenvalue weighted by Crippen LogP contribution is 2.28. The van der Waals surface area contributed by atoms with Crippen LogP contribution in [-0.2, 0) is 23.5 Å². The van der Waals surface area contributed by atoms with Crippen LogP contribution in [0.3, 0.4) is 0 Å². The summed E-state index contributed by atoms with van der Waals surface area (Å²) in [5, 5.41) is 0. The van der Waals surface area contributed by atoms with Crippen molar-refractivity contribution in [2.45, 2.75) is 11.5 Å². The lowest BCUT2D eigenvalue weighted by Crippen LogP contribution is -2.14. The van der Waals surface area contributed by atoms with Crippen LogP contribution in [0.25, 0.3) is 11.1 Å². The van der Waals surface area contributed by atoms with Crippen molar-refractivity contribution in [2.75, 3.05) is 13.4 Å². The summed E-state index contributed by atoms with van der Waals surface area (Å²) in [6.07, 6.45) is 2.82. The van der Waals surface area contributed by atoms with E-state index in [9.17, 15) is 13.2 Å². The summed E-state index contributed by atoms with van der Waals surface area (Å²) in [5.41, 5.74) is 2.17. The first-order valence-electron chi connectivity index (χ1n) is 8.54. The van der Waals surface area contributed by atoms with Crippen molar-refractivity contribution in [3.63, 3.8) is 0 Å². The molecule has 1 heterocycles. The molecule has 0 bridgehead atoms. The minimum absolute atomic E-state index is 0.140. The minimum Gasteiger partial charge on any atom is -0.497 e. The van der Waals surface area contributed by atoms with Crippen LogP contribution >= 0.6 is 0 Å². The van der Waals surface area contributed by atoms with Crippen molar-refractivity contribution in [3.8, 4) is 22.6 Å². The second-order valence-electron chi connectivity index (χ2n) is 6.47. The standard InChI is InChI=1S/C21H21NO5S/c1-22-13-16(6-9-21(22)23)17-10-19(12-20(11-17)28(3,24)25)27-14-15-4-7-18(26-2)8-5-15/h4-13H,14H2,1-3H3. The second kappa shape index (κ2) is 7.90. The minimum atomic E-state index is -3.43. The summed E-state index contributed by atoms with van der Waals surface area (Å²) in [4.78, 5) is 11.8. The smallest absolute Gasteiger partial charge is 0.250 e. The van der Waals surface area contributed by atoms with Crippen molar-refractivity contribution >= 4 is 9.84 Å². The maximum atomic E-state index is 12.1. The molecule has 0 aliphatic rings. The van der Waals surface area contributed by atoms with Crippen LogP contribution in [0.15, 0.2) is 70.5 Å². The highest BCUT2D eigenvalue weighted by Gasteiger charge is 2.13. The monoisotopic (exact) mass is 399 g/mol. The molecule has 3 aromatic rings. The van der Waals surface area contributed by atoms with E-state index in [0.29, 0.717) is 11.3 Å². The molecule has 3 rings (SSSR count). The zero-order valence-corrected chi connectivity index (χ0v) is 16.7. The largest absolute Gasteiger partial charge is 0.497 e. The molecular weight excluding hydrogens is 378 g/mol. The molecule has 0 amide bonds. The molecule has 0 spiro atoms. The van der Waals surface area contributed by atoms with Crippen LogP contribution in [-0.4, -0.2) is 26.4 Å². The molecule has 6 nitrogen and oxygen atoms in total. The fourth-order valence-corrected chi connectivity index (χ4v) is 3.36. The number of hydrogen-bond acceptors (Lipinski definition) is 5. The molecule has 0 saturated heterocycles. The fraction of sp³-hybridized carbons (Fsp3) is 0.190. The number of methoxy groups -OCH3 is 1. The Morgan fingerprint density at radius 1 is 0.929 bits per heavy atom. The van der Waals surface area contributed by atoms with Gasteiger partial charge in [0.05, 0.1) is 12.0 Å². The Bertz CT molecular complexity index is 1150. The Morgan fingerprint density at radius 3 is 2.25 bits per heavy atom. The van der Waals surface area contributed by atoms with E-state index in [1.165, 1.54) is 16.7 Å². The summed E-state index contributed by atoms with van der Waals surface area (Å²) in [6, 6.07) is 15.4. The van der Waals surface area contributed by atoms with Crippen molar-refractivity contribution < 1.29 is 17.9 Å². The molecule has 0 saturated carbocycles. The molecule has 146 valence electrons. The van der Waals surface area contributed by atoms with E-state index < -0.39 is 9.84 Å². The molecule has 28 heavy (non-hydrogen) atoms. The molecular formula is C21H21NO5S. The van der Waals surface area contributed by atoms with E-state index in [1.807, 2.05) is 24.3 Å². The Balaban J connectivity index is 1.95. The number of rotatable bonds is 6. The van der Waals surface area contributed by atoms with E-state index in [4.69, 9.17) is 9.47 Å². The zero-order valence-electron chi connectivity index (χ0n) is 15.9. The molecule has 7 heteroatoms. The molecule has 0 aliphatic carbocycles. The summed E-state index contributed by atoms with van der Waals surface area (Å²) in [7, 11) is -0.185. The molecule has 0 radical (unpaired) electrons. The summed E-state index contributed by atoms with van der Waals surface area (Å²) < 4.78 is 36.6. The normalized spacial score (nSPS) is 11.2. The van der Waals surface area contributed by atoms with Gasteiger partial charge in [0.1, 0.15) is 18.1 Å². The van der Waals surface area contributed by atoms with Gasteiger partial charge in [0, 0.05) is 25.6 Å². The first-order chi connectivity index (χ1) is 13.3. The first-order valence-corrected chi connectivity index (χ1v) is 10.4. The maximum absolute atomic E-state index is 12.1. The number of hydrogen-bond donors (Lipinski definition) is 0. The summed E-state index contributed by atoms with van der Waals surface area (Å²) in [6.45, 7) is 0.282. The topological polar surface area (TPSA) is 74.6 Å². The predicted octanol–water partition coefficient (Wildman–Crippen LogP) is 3.04. The van der Waals surface area contributed by atoms with Gasteiger partial charge < -0.3 is 14.0 Å². The number of pyridine rings is 1. The lowest BCUT2D eigenvalue weighted by molar-refractivity contribution is 0.305. The molecule has 0 fully saturated rings. The number of benzene rings is 2. The molecule has 2 aromatic carbocycles. The third-order valence-corrected chi connectivity index (χ3v) is 5.38. The predicted molar refractivity (Wildman–Crippen MR) is 108 cm³/mol. The van der Waals surface area contributed by atoms with Gasteiger partial charge in [-0.1, -0.05) is 12.1 Å². The molecule has 0 unspecified atom stereocenters. The van der Waals surface area contributed by atoms with Crippen LogP contribution in [0.1, 0.15) is 5.56 Å². The molecule has 0 N–H and O–H groups in total. The zero-order chi connectivity index (χ0) is 20.3. The van der Waals surface area contributed by atoms with E-state index >= 15 is 0 Å². The van der Waals surface area contributed by atoms with Crippen LogP contribution in [0.4, 0.5) is 0 Å². The van der Waals surface area contributed by atoms with Crippen molar-refractivity contribution in [1.82, 2.24) is 4.57 Å². The first kappa shape index (κ1) is 19.7. The highest BCUT2D eigenvalue weighted by molar-refractivity contribution is 7.90. The van der Waals surface area contributed by atoms with Crippen molar-refractivity contribution in [2.24, 2.45) is 7.05 Å². The Kier molecular flexibility index (Phi) is 5.56. The third-order valence-electron chi connectivity index (χ3n) is 4.29. The number of aryl methyl sites for hydroxylation is 1. The number of nitrogens with zero attached hydrogens (tertiary/aromatic N) is 1. The van der Waals surface area contributed by atoms with E-state index in [0.717, 1.165) is 23.1 Å². The third kappa shape index (κ3) is 4.61. The van der Waals surface area contributed by atoms with E-state index in [2.05, 4.69) is 0 Å². The van der Waals surface area contributed by atoms with Gasteiger partial charge in [-0.25, -0.2) is 8.42 Å². The number of sulfone groups is 1. The Labute approximate surface area is 163 Å². The van der Waals surface area contributed by atoms with Gasteiger partial charge >= 0.3 is 0 Å². The quantitative estimate of drug-likeness (QED) is 0.637. The van der Waals surface area contributed by atoms with Crippen LogP contribution in [0.2, 0.25) is 0 Å². The Hall–Kier alpha value is -3.06. The molecule has 1 aromatic heterocycles. The van der Waals surface area contributed by atoms with Crippen LogP contribution in [0.5, 0.6) is 11.5 Å². The average molecular weight is 399 g/mol.